The zero-order chi connectivity index (χ0) is 16.7. The first-order chi connectivity index (χ1) is 11.0. The van der Waals surface area contributed by atoms with Crippen molar-refractivity contribution in [3.05, 3.63) is 48.0 Å². The second-order valence-electron chi connectivity index (χ2n) is 5.53. The van der Waals surface area contributed by atoms with E-state index in [-0.39, 0.29) is 18.7 Å². The number of aliphatic carboxylic acids is 1. The van der Waals surface area contributed by atoms with Crippen LogP contribution in [-0.4, -0.2) is 41.2 Å². The van der Waals surface area contributed by atoms with Crippen molar-refractivity contribution in [1.82, 2.24) is 5.32 Å². The normalized spacial score (nSPS) is 21.3. The smallest absolute Gasteiger partial charge is 0.478 e. The molecule has 6 nitrogen and oxygen atoms in total. The highest BCUT2D eigenvalue weighted by Crippen LogP contribution is 2.13. The van der Waals surface area contributed by atoms with Crippen molar-refractivity contribution < 1.29 is 24.4 Å². The van der Waals surface area contributed by atoms with Gasteiger partial charge in [-0.15, -0.1) is 0 Å². The summed E-state index contributed by atoms with van der Waals surface area (Å²) in [6, 6.07) is 9.30. The molecule has 0 spiro atoms. The van der Waals surface area contributed by atoms with Crippen LogP contribution in [-0.2, 0) is 20.7 Å². The van der Waals surface area contributed by atoms with Crippen LogP contribution in [0.3, 0.4) is 0 Å². The summed E-state index contributed by atoms with van der Waals surface area (Å²) in [5.41, 5.74) is 0.880. The summed E-state index contributed by atoms with van der Waals surface area (Å²) in [5, 5.41) is 21.7. The Labute approximate surface area is 135 Å². The molecule has 2 rings (SSSR count). The lowest BCUT2D eigenvalue weighted by Gasteiger charge is -2.25. The van der Waals surface area contributed by atoms with Gasteiger partial charge in [-0.2, -0.15) is 0 Å². The molecule has 0 saturated heterocycles. The summed E-state index contributed by atoms with van der Waals surface area (Å²) in [5.74, 6) is -1.80. The third kappa shape index (κ3) is 5.88. The number of carbonyl (C=O) groups excluding carboxylic acids is 1. The summed E-state index contributed by atoms with van der Waals surface area (Å²) < 4.78 is 5.37. The van der Waals surface area contributed by atoms with Gasteiger partial charge >= 0.3 is 13.1 Å². The minimum atomic E-state index is -1.23. The van der Waals surface area contributed by atoms with Crippen LogP contribution >= 0.6 is 0 Å². The molecule has 1 heterocycles. The minimum Gasteiger partial charge on any atom is -0.481 e. The zero-order valence-electron chi connectivity index (χ0n) is 12.7. The van der Waals surface area contributed by atoms with E-state index in [2.05, 4.69) is 5.32 Å². The van der Waals surface area contributed by atoms with Crippen LogP contribution < -0.4 is 5.32 Å². The molecule has 1 aromatic rings. The number of amides is 1. The number of benzene rings is 1. The zero-order valence-corrected chi connectivity index (χ0v) is 12.7. The highest BCUT2D eigenvalue weighted by Gasteiger charge is 2.32. The molecular weight excluding hydrogens is 297 g/mol. The third-order valence-corrected chi connectivity index (χ3v) is 3.59. The molecule has 0 saturated carbocycles. The maximum atomic E-state index is 12.1. The monoisotopic (exact) mass is 317 g/mol. The number of carboxylic acids is 1. The van der Waals surface area contributed by atoms with E-state index in [4.69, 9.17) is 9.76 Å². The van der Waals surface area contributed by atoms with Crippen LogP contribution in [0.4, 0.5) is 0 Å². The van der Waals surface area contributed by atoms with Crippen molar-refractivity contribution in [2.24, 2.45) is 0 Å². The number of nitrogens with one attached hydrogen (secondary N) is 1. The van der Waals surface area contributed by atoms with Crippen molar-refractivity contribution in [3.8, 4) is 0 Å². The average Bonchev–Trinajstić information content (AvgIpc) is 2.49. The van der Waals surface area contributed by atoms with E-state index < -0.39 is 25.1 Å². The molecule has 1 amide bonds. The van der Waals surface area contributed by atoms with Gasteiger partial charge in [-0.05, 0) is 18.4 Å². The first-order valence-electron chi connectivity index (χ1n) is 7.58. The highest BCUT2D eigenvalue weighted by molar-refractivity contribution is 6.45. The molecule has 122 valence electrons. The largest absolute Gasteiger partial charge is 0.481 e. The summed E-state index contributed by atoms with van der Waals surface area (Å²) in [6.07, 6.45) is 3.92. The second-order valence-corrected chi connectivity index (χ2v) is 5.53. The molecular formula is C16H20BNO5. The lowest BCUT2D eigenvalue weighted by atomic mass is 9.75. The van der Waals surface area contributed by atoms with Gasteiger partial charge in [0.1, 0.15) is 0 Å². The van der Waals surface area contributed by atoms with E-state index in [0.29, 0.717) is 12.8 Å². The lowest BCUT2D eigenvalue weighted by molar-refractivity contribution is -0.139. The van der Waals surface area contributed by atoms with Crippen LogP contribution in [0.1, 0.15) is 24.8 Å². The average molecular weight is 317 g/mol. The summed E-state index contributed by atoms with van der Waals surface area (Å²) in [4.78, 5) is 22.9. The highest BCUT2D eigenvalue weighted by atomic mass is 16.5. The predicted molar refractivity (Wildman–Crippen MR) is 85.5 cm³/mol. The Hall–Kier alpha value is -2.12. The maximum absolute atomic E-state index is 12.1. The van der Waals surface area contributed by atoms with E-state index in [1.54, 1.807) is 0 Å². The number of rotatable bonds is 5. The quantitative estimate of drug-likeness (QED) is 0.555. The van der Waals surface area contributed by atoms with Crippen molar-refractivity contribution >= 4 is 19.0 Å². The Morgan fingerprint density at radius 2 is 1.91 bits per heavy atom. The Balaban J connectivity index is 1.92. The van der Waals surface area contributed by atoms with Gasteiger partial charge in [0.05, 0.1) is 24.9 Å². The van der Waals surface area contributed by atoms with Crippen molar-refractivity contribution in [1.29, 1.82) is 0 Å². The summed E-state index contributed by atoms with van der Waals surface area (Å²) in [7, 11) is -1.23. The Morgan fingerprint density at radius 3 is 2.61 bits per heavy atom. The lowest BCUT2D eigenvalue weighted by Crippen LogP contribution is -2.50. The van der Waals surface area contributed by atoms with Crippen LogP contribution in [0.5, 0.6) is 0 Å². The topological polar surface area (TPSA) is 95.9 Å². The third-order valence-electron chi connectivity index (χ3n) is 3.59. The fraction of sp³-hybridized carbons (Fsp3) is 0.375. The van der Waals surface area contributed by atoms with Gasteiger partial charge < -0.3 is 20.1 Å². The van der Waals surface area contributed by atoms with Gasteiger partial charge in [-0.3, -0.25) is 9.59 Å². The van der Waals surface area contributed by atoms with E-state index in [1.807, 2.05) is 42.5 Å². The molecule has 0 aromatic heterocycles. The first-order valence-corrected chi connectivity index (χ1v) is 7.58. The van der Waals surface area contributed by atoms with Crippen LogP contribution in [0, 0.1) is 0 Å². The predicted octanol–water partition coefficient (Wildman–Crippen LogP) is 0.944. The minimum absolute atomic E-state index is 0.188. The first kappa shape index (κ1) is 17.2. The van der Waals surface area contributed by atoms with Gasteiger partial charge in [-0.25, -0.2) is 0 Å². The van der Waals surface area contributed by atoms with Gasteiger partial charge in [-0.1, -0.05) is 42.5 Å². The van der Waals surface area contributed by atoms with Gasteiger partial charge in [0.2, 0.25) is 5.91 Å². The number of carbonyl (C=O) groups is 2. The fourth-order valence-electron chi connectivity index (χ4n) is 2.45. The number of carboxylic acid groups (broad SMARTS) is 1. The SMILES string of the molecule is O=C(O)C[C@H]1CC=CC[C@H](NC(=O)Cc2ccccc2)B(O)O1. The molecule has 1 aliphatic rings. The summed E-state index contributed by atoms with van der Waals surface area (Å²) >= 11 is 0. The second kappa shape index (κ2) is 8.50. The van der Waals surface area contributed by atoms with E-state index in [9.17, 15) is 14.6 Å². The number of hydrogen-bond acceptors (Lipinski definition) is 4. The maximum Gasteiger partial charge on any atom is 0.478 e. The number of hydrogen-bond donors (Lipinski definition) is 3. The standard InChI is InChI=1S/C16H20BNO5/c19-15(10-12-6-2-1-3-7-12)18-14-9-5-4-8-13(11-16(20)21)23-17(14)22/h1-7,13-14,22H,8-11H2,(H,18,19)(H,20,21)/t13-,14+/m1/s1. The molecule has 3 N–H and O–H groups in total. The summed E-state index contributed by atoms with van der Waals surface area (Å²) in [6.45, 7) is 0. The van der Waals surface area contributed by atoms with Gasteiger partial charge in [0.15, 0.2) is 0 Å². The van der Waals surface area contributed by atoms with E-state index >= 15 is 0 Å². The molecule has 23 heavy (non-hydrogen) atoms. The molecule has 0 radical (unpaired) electrons. The molecule has 0 unspecified atom stereocenters. The molecule has 1 aliphatic heterocycles. The molecule has 0 fully saturated rings. The molecule has 0 bridgehead atoms. The van der Waals surface area contributed by atoms with Crippen molar-refractivity contribution in [2.75, 3.05) is 0 Å². The fourth-order valence-corrected chi connectivity index (χ4v) is 2.45. The van der Waals surface area contributed by atoms with Gasteiger partial charge in [0.25, 0.3) is 0 Å². The molecule has 1 aromatic carbocycles. The Kier molecular flexibility index (Phi) is 6.37. The van der Waals surface area contributed by atoms with Crippen LogP contribution in [0.2, 0.25) is 0 Å². The van der Waals surface area contributed by atoms with Crippen molar-refractivity contribution in [3.63, 3.8) is 0 Å². The van der Waals surface area contributed by atoms with Crippen LogP contribution in [0.15, 0.2) is 42.5 Å². The molecule has 7 heteroatoms. The Bertz CT molecular complexity index is 563. The van der Waals surface area contributed by atoms with E-state index in [0.717, 1.165) is 5.56 Å². The molecule has 0 aliphatic carbocycles. The Morgan fingerprint density at radius 1 is 1.22 bits per heavy atom. The van der Waals surface area contributed by atoms with Crippen LogP contribution in [0.25, 0.3) is 0 Å². The molecule has 2 atom stereocenters. The van der Waals surface area contributed by atoms with E-state index in [1.165, 1.54) is 0 Å². The van der Waals surface area contributed by atoms with Gasteiger partial charge in [0, 0.05) is 0 Å². The van der Waals surface area contributed by atoms with Crippen molar-refractivity contribution in [2.45, 2.75) is 37.7 Å².